The first-order chi connectivity index (χ1) is 7.81. The zero-order valence-electron chi connectivity index (χ0n) is 9.70. The minimum atomic E-state index is -4.11. The van der Waals surface area contributed by atoms with Crippen molar-refractivity contribution in [2.45, 2.75) is 44.8 Å². The summed E-state index contributed by atoms with van der Waals surface area (Å²) in [4.78, 5) is 0. The first-order valence-corrected chi connectivity index (χ1v) is 5.47. The van der Waals surface area contributed by atoms with Gasteiger partial charge < -0.3 is 10.1 Å². The third kappa shape index (κ3) is 13.5. The monoisotopic (exact) mass is 263 g/mol. The van der Waals surface area contributed by atoms with Crippen LogP contribution in [-0.2, 0) is 4.74 Å². The Hall–Kier alpha value is -0.430. The molecule has 104 valence electrons. The predicted octanol–water partition coefficient (Wildman–Crippen LogP) is 2.98. The Morgan fingerprint density at radius 1 is 1.24 bits per heavy atom. The lowest BCUT2D eigenvalue weighted by Crippen LogP contribution is -2.30. The van der Waals surface area contributed by atoms with Gasteiger partial charge in [0, 0.05) is 19.0 Å². The summed E-state index contributed by atoms with van der Waals surface area (Å²) in [6.45, 7) is 1.64. The topological polar surface area (TPSA) is 21.3 Å². The van der Waals surface area contributed by atoms with Gasteiger partial charge in [-0.25, -0.2) is 8.78 Å². The molecule has 1 N–H and O–H groups in total. The van der Waals surface area contributed by atoms with E-state index < -0.39 is 25.6 Å². The molecule has 0 spiro atoms. The fourth-order valence-electron chi connectivity index (χ4n) is 1.26. The molecule has 0 fully saturated rings. The number of rotatable bonds is 9. The highest BCUT2D eigenvalue weighted by Crippen LogP contribution is 2.22. The van der Waals surface area contributed by atoms with E-state index in [9.17, 15) is 22.0 Å². The molecule has 0 radical (unpaired) electrons. The van der Waals surface area contributed by atoms with Crippen molar-refractivity contribution >= 4 is 0 Å². The van der Waals surface area contributed by atoms with Crippen LogP contribution in [-0.4, -0.2) is 38.4 Å². The van der Waals surface area contributed by atoms with E-state index in [1.807, 2.05) is 0 Å². The summed E-state index contributed by atoms with van der Waals surface area (Å²) in [5.41, 5.74) is 0. The van der Waals surface area contributed by atoms with Gasteiger partial charge in [-0.05, 0) is 19.8 Å². The molecule has 0 amide bonds. The van der Waals surface area contributed by atoms with Crippen molar-refractivity contribution in [2.24, 2.45) is 0 Å². The highest BCUT2D eigenvalue weighted by atomic mass is 19.4. The van der Waals surface area contributed by atoms with Gasteiger partial charge in [-0.1, -0.05) is 0 Å². The molecule has 0 heterocycles. The first kappa shape index (κ1) is 16.6. The molecule has 7 heteroatoms. The van der Waals surface area contributed by atoms with Crippen LogP contribution in [0.1, 0.15) is 26.2 Å². The zero-order valence-corrected chi connectivity index (χ0v) is 9.70. The molecule has 0 aromatic carbocycles. The summed E-state index contributed by atoms with van der Waals surface area (Å²) < 4.78 is 63.4. The minimum Gasteiger partial charge on any atom is -0.374 e. The second kappa shape index (κ2) is 8.63. The smallest absolute Gasteiger partial charge is 0.374 e. The Morgan fingerprint density at radius 3 is 2.41 bits per heavy atom. The summed E-state index contributed by atoms with van der Waals surface area (Å²) in [6.07, 6.45) is -6.93. The average molecular weight is 263 g/mol. The summed E-state index contributed by atoms with van der Waals surface area (Å²) in [5.74, 6) is 0. The quantitative estimate of drug-likeness (QED) is 0.510. The molecule has 0 saturated carbocycles. The number of ether oxygens (including phenoxy) is 1. The van der Waals surface area contributed by atoms with Crippen LogP contribution in [0.4, 0.5) is 22.0 Å². The molecule has 0 aromatic rings. The van der Waals surface area contributed by atoms with Crippen molar-refractivity contribution in [2.75, 3.05) is 19.8 Å². The largest absolute Gasteiger partial charge is 0.389 e. The molecule has 1 unspecified atom stereocenters. The number of hydrogen-bond donors (Lipinski definition) is 1. The average Bonchev–Trinajstić information content (AvgIpc) is 2.14. The number of alkyl halides is 5. The maximum atomic E-state index is 11.8. The summed E-state index contributed by atoms with van der Waals surface area (Å²) in [7, 11) is 0. The fourth-order valence-corrected chi connectivity index (χ4v) is 1.26. The molecule has 0 bridgehead atoms. The molecular formula is C10H18F5NO. The first-order valence-electron chi connectivity index (χ1n) is 5.47. The van der Waals surface area contributed by atoms with Crippen molar-refractivity contribution < 1.29 is 26.7 Å². The lowest BCUT2D eigenvalue weighted by Gasteiger charge is -2.14. The van der Waals surface area contributed by atoms with Gasteiger partial charge in [0.25, 0.3) is 6.43 Å². The van der Waals surface area contributed by atoms with E-state index in [1.165, 1.54) is 0 Å². The molecule has 0 aliphatic rings. The van der Waals surface area contributed by atoms with Crippen LogP contribution < -0.4 is 5.32 Å². The van der Waals surface area contributed by atoms with E-state index in [-0.39, 0.29) is 19.1 Å². The Kier molecular flexibility index (Phi) is 8.41. The molecule has 17 heavy (non-hydrogen) atoms. The van der Waals surface area contributed by atoms with Gasteiger partial charge in [-0.3, -0.25) is 0 Å². The lowest BCUT2D eigenvalue weighted by molar-refractivity contribution is -0.135. The Balaban J connectivity index is 3.32. The van der Waals surface area contributed by atoms with Crippen molar-refractivity contribution in [3.63, 3.8) is 0 Å². The maximum absolute atomic E-state index is 11.8. The molecule has 0 saturated heterocycles. The summed E-state index contributed by atoms with van der Waals surface area (Å²) in [5, 5.41) is 2.91. The maximum Gasteiger partial charge on any atom is 0.389 e. The van der Waals surface area contributed by atoms with Gasteiger partial charge in [0.15, 0.2) is 0 Å². The van der Waals surface area contributed by atoms with E-state index >= 15 is 0 Å². The summed E-state index contributed by atoms with van der Waals surface area (Å²) in [6, 6.07) is -0.0764. The van der Waals surface area contributed by atoms with Gasteiger partial charge >= 0.3 is 6.18 Å². The number of halogens is 5. The third-order valence-electron chi connectivity index (χ3n) is 2.08. The molecule has 0 aromatic heterocycles. The highest BCUT2D eigenvalue weighted by molar-refractivity contribution is 4.62. The molecule has 1 atom stereocenters. The van der Waals surface area contributed by atoms with Crippen LogP contribution in [0.3, 0.4) is 0 Å². The molecule has 0 rings (SSSR count). The highest BCUT2D eigenvalue weighted by Gasteiger charge is 2.26. The Labute approximate surface area is 97.5 Å². The van der Waals surface area contributed by atoms with Gasteiger partial charge in [0.2, 0.25) is 0 Å². The lowest BCUT2D eigenvalue weighted by atomic mass is 10.1. The van der Waals surface area contributed by atoms with E-state index in [4.69, 9.17) is 0 Å². The van der Waals surface area contributed by atoms with E-state index in [2.05, 4.69) is 10.1 Å². The summed E-state index contributed by atoms with van der Waals surface area (Å²) >= 11 is 0. The van der Waals surface area contributed by atoms with E-state index in [0.29, 0.717) is 13.0 Å². The molecule has 0 aliphatic heterocycles. The molecule has 0 aliphatic carbocycles. The third-order valence-corrected chi connectivity index (χ3v) is 2.08. The number of nitrogens with one attached hydrogen (secondary N) is 1. The second-order valence-electron chi connectivity index (χ2n) is 3.83. The van der Waals surface area contributed by atoms with Crippen LogP contribution in [0.15, 0.2) is 0 Å². The Morgan fingerprint density at radius 2 is 1.88 bits per heavy atom. The van der Waals surface area contributed by atoms with Gasteiger partial charge in [0.05, 0.1) is 6.61 Å². The van der Waals surface area contributed by atoms with Gasteiger partial charge in [-0.2, -0.15) is 13.2 Å². The van der Waals surface area contributed by atoms with Crippen LogP contribution in [0.25, 0.3) is 0 Å². The van der Waals surface area contributed by atoms with Crippen molar-refractivity contribution in [3.8, 4) is 0 Å². The van der Waals surface area contributed by atoms with Crippen molar-refractivity contribution in [1.82, 2.24) is 5.32 Å². The van der Waals surface area contributed by atoms with Crippen LogP contribution in [0, 0.1) is 0 Å². The van der Waals surface area contributed by atoms with Gasteiger partial charge in [-0.15, -0.1) is 0 Å². The zero-order chi connectivity index (χ0) is 13.3. The van der Waals surface area contributed by atoms with Crippen molar-refractivity contribution in [3.05, 3.63) is 0 Å². The predicted molar refractivity (Wildman–Crippen MR) is 54.2 cm³/mol. The number of hydrogen-bond acceptors (Lipinski definition) is 2. The SMILES string of the molecule is CC(CCCC(F)(F)F)NCCOCC(F)F. The normalized spacial score (nSPS) is 14.3. The van der Waals surface area contributed by atoms with E-state index in [1.54, 1.807) is 6.92 Å². The Bertz CT molecular complexity index is 186. The van der Waals surface area contributed by atoms with Crippen molar-refractivity contribution in [1.29, 1.82) is 0 Å². The fraction of sp³-hybridized carbons (Fsp3) is 1.00. The minimum absolute atomic E-state index is 0.0650. The van der Waals surface area contributed by atoms with E-state index in [0.717, 1.165) is 0 Å². The standard InChI is InChI=1S/C10H18F5NO/c1-8(3-2-4-10(13,14)15)16-5-6-17-7-9(11)12/h8-9,16H,2-7H2,1H3. The molecule has 2 nitrogen and oxygen atoms in total. The van der Waals surface area contributed by atoms with Crippen LogP contribution in [0.2, 0.25) is 0 Å². The second-order valence-corrected chi connectivity index (χ2v) is 3.83. The molecular weight excluding hydrogens is 245 g/mol. The van der Waals surface area contributed by atoms with Crippen LogP contribution in [0.5, 0.6) is 0 Å². The van der Waals surface area contributed by atoms with Crippen LogP contribution >= 0.6 is 0 Å². The van der Waals surface area contributed by atoms with Gasteiger partial charge in [0.1, 0.15) is 6.61 Å².